The Labute approximate surface area is 213 Å². The SMILES string of the molecule is Clc1ccc(COc2ccc(Nc3ncnc4scc(-c5ccc6c(c5)CCCC6)c34)cc2)cc1. The van der Waals surface area contributed by atoms with Gasteiger partial charge in [0, 0.05) is 21.7 Å². The summed E-state index contributed by atoms with van der Waals surface area (Å²) in [5.74, 6) is 1.63. The van der Waals surface area contributed by atoms with Gasteiger partial charge in [0.1, 0.15) is 29.3 Å². The van der Waals surface area contributed by atoms with Gasteiger partial charge >= 0.3 is 0 Å². The number of ether oxygens (including phenoxy) is 1. The highest BCUT2D eigenvalue weighted by Gasteiger charge is 2.16. The second kappa shape index (κ2) is 9.68. The van der Waals surface area contributed by atoms with Crippen LogP contribution in [0.25, 0.3) is 21.3 Å². The molecule has 3 aromatic carbocycles. The van der Waals surface area contributed by atoms with Crippen molar-refractivity contribution in [3.63, 3.8) is 0 Å². The third kappa shape index (κ3) is 4.75. The molecule has 6 heteroatoms. The van der Waals surface area contributed by atoms with E-state index in [4.69, 9.17) is 16.3 Å². The molecule has 1 aliphatic rings. The van der Waals surface area contributed by atoms with Crippen LogP contribution in [0.15, 0.2) is 78.4 Å². The molecule has 0 aliphatic heterocycles. The van der Waals surface area contributed by atoms with E-state index in [1.807, 2.05) is 48.5 Å². The third-order valence-electron chi connectivity index (χ3n) is 6.47. The summed E-state index contributed by atoms with van der Waals surface area (Å²) in [6.07, 6.45) is 6.55. The summed E-state index contributed by atoms with van der Waals surface area (Å²) in [4.78, 5) is 10.1. The van der Waals surface area contributed by atoms with E-state index in [0.29, 0.717) is 6.61 Å². The maximum absolute atomic E-state index is 5.96. The molecule has 0 fully saturated rings. The van der Waals surface area contributed by atoms with Crippen molar-refractivity contribution in [2.24, 2.45) is 0 Å². The number of anilines is 2. The van der Waals surface area contributed by atoms with Gasteiger partial charge in [-0.15, -0.1) is 11.3 Å². The molecule has 0 bridgehead atoms. The number of hydrogen-bond donors (Lipinski definition) is 1. The summed E-state index contributed by atoms with van der Waals surface area (Å²) in [5.41, 5.74) is 7.42. The van der Waals surface area contributed by atoms with Crippen molar-refractivity contribution < 1.29 is 4.74 Å². The zero-order chi connectivity index (χ0) is 23.6. The molecule has 2 heterocycles. The van der Waals surface area contributed by atoms with E-state index in [0.717, 1.165) is 38.1 Å². The van der Waals surface area contributed by atoms with E-state index in [9.17, 15) is 0 Å². The molecule has 0 unspecified atom stereocenters. The molecule has 174 valence electrons. The highest BCUT2D eigenvalue weighted by molar-refractivity contribution is 7.17. The van der Waals surface area contributed by atoms with E-state index >= 15 is 0 Å². The summed E-state index contributed by atoms with van der Waals surface area (Å²) in [6, 6.07) is 22.5. The average Bonchev–Trinajstić information content (AvgIpc) is 3.34. The van der Waals surface area contributed by atoms with E-state index in [2.05, 4.69) is 38.9 Å². The molecule has 0 amide bonds. The monoisotopic (exact) mass is 497 g/mol. The second-order valence-corrected chi connectivity index (χ2v) is 10.1. The molecule has 2 aromatic heterocycles. The Kier molecular flexibility index (Phi) is 6.11. The lowest BCUT2D eigenvalue weighted by Crippen LogP contribution is -2.02. The normalized spacial score (nSPS) is 12.9. The van der Waals surface area contributed by atoms with Gasteiger partial charge < -0.3 is 10.1 Å². The highest BCUT2D eigenvalue weighted by atomic mass is 35.5. The summed E-state index contributed by atoms with van der Waals surface area (Å²) in [5, 5.41) is 7.49. The van der Waals surface area contributed by atoms with Crippen LogP contribution >= 0.6 is 22.9 Å². The maximum atomic E-state index is 5.96. The second-order valence-electron chi connectivity index (χ2n) is 8.81. The van der Waals surface area contributed by atoms with Crippen molar-refractivity contribution in [1.82, 2.24) is 9.97 Å². The van der Waals surface area contributed by atoms with Gasteiger partial charge in [-0.05, 0) is 84.3 Å². The smallest absolute Gasteiger partial charge is 0.143 e. The van der Waals surface area contributed by atoms with Crippen LogP contribution in [0.2, 0.25) is 5.02 Å². The Balaban J connectivity index is 1.23. The van der Waals surface area contributed by atoms with Crippen molar-refractivity contribution >= 4 is 44.7 Å². The van der Waals surface area contributed by atoms with Crippen LogP contribution in [0.4, 0.5) is 11.5 Å². The van der Waals surface area contributed by atoms with Gasteiger partial charge in [0.2, 0.25) is 0 Å². The van der Waals surface area contributed by atoms with Gasteiger partial charge in [0.25, 0.3) is 0 Å². The van der Waals surface area contributed by atoms with Crippen LogP contribution in [-0.2, 0) is 19.4 Å². The summed E-state index contributed by atoms with van der Waals surface area (Å²) in [7, 11) is 0. The molecule has 0 atom stereocenters. The van der Waals surface area contributed by atoms with Gasteiger partial charge in [0.15, 0.2) is 0 Å². The van der Waals surface area contributed by atoms with Crippen molar-refractivity contribution in [3.8, 4) is 16.9 Å². The standard InChI is InChI=1S/C29H24ClN3OS/c30-23-9-5-19(6-10-23)16-34-25-13-11-24(12-14-25)33-28-27-26(17-35-29(27)32-18-31-28)22-8-7-20-3-1-2-4-21(20)15-22/h5-15,17-18H,1-4,16H2,(H,31,32,33). The minimum absolute atomic E-state index is 0.496. The first-order chi connectivity index (χ1) is 17.2. The maximum Gasteiger partial charge on any atom is 0.143 e. The first-order valence-electron chi connectivity index (χ1n) is 11.8. The molecule has 4 nitrogen and oxygen atoms in total. The fourth-order valence-corrected chi connectivity index (χ4v) is 5.64. The van der Waals surface area contributed by atoms with Gasteiger partial charge in [-0.1, -0.05) is 41.9 Å². The number of nitrogens with one attached hydrogen (secondary N) is 1. The first kappa shape index (κ1) is 22.1. The van der Waals surface area contributed by atoms with Crippen molar-refractivity contribution in [1.29, 1.82) is 0 Å². The molecular formula is C29H24ClN3OS. The van der Waals surface area contributed by atoms with Crippen LogP contribution in [0.3, 0.4) is 0 Å². The molecule has 1 aliphatic carbocycles. The number of halogens is 1. The highest BCUT2D eigenvalue weighted by Crippen LogP contribution is 2.39. The van der Waals surface area contributed by atoms with E-state index in [1.165, 1.54) is 47.9 Å². The summed E-state index contributed by atoms with van der Waals surface area (Å²) in [6.45, 7) is 0.496. The van der Waals surface area contributed by atoms with Crippen LogP contribution in [0.5, 0.6) is 5.75 Å². The molecule has 0 saturated carbocycles. The molecule has 0 spiro atoms. The van der Waals surface area contributed by atoms with Crippen LogP contribution in [0.1, 0.15) is 29.5 Å². The van der Waals surface area contributed by atoms with E-state index in [1.54, 1.807) is 17.7 Å². The fourth-order valence-electron chi connectivity index (χ4n) is 4.60. The molecule has 0 radical (unpaired) electrons. The number of nitrogens with zero attached hydrogens (tertiary/aromatic N) is 2. The largest absolute Gasteiger partial charge is 0.489 e. The Morgan fingerprint density at radius 2 is 1.69 bits per heavy atom. The van der Waals surface area contributed by atoms with Gasteiger partial charge in [-0.25, -0.2) is 9.97 Å². The predicted octanol–water partition coefficient (Wildman–Crippen LogP) is 8.21. The van der Waals surface area contributed by atoms with Crippen molar-refractivity contribution in [2.75, 3.05) is 5.32 Å². The van der Waals surface area contributed by atoms with Crippen molar-refractivity contribution in [3.05, 3.63) is 100 Å². The minimum Gasteiger partial charge on any atom is -0.489 e. The number of benzene rings is 3. The average molecular weight is 498 g/mol. The van der Waals surface area contributed by atoms with Crippen LogP contribution in [-0.4, -0.2) is 9.97 Å². The van der Waals surface area contributed by atoms with E-state index in [-0.39, 0.29) is 0 Å². The lowest BCUT2D eigenvalue weighted by Gasteiger charge is -2.16. The topological polar surface area (TPSA) is 47.0 Å². The van der Waals surface area contributed by atoms with Gasteiger partial charge in [-0.2, -0.15) is 0 Å². The Hall–Kier alpha value is -3.41. The van der Waals surface area contributed by atoms with Crippen LogP contribution in [0, 0.1) is 0 Å². The minimum atomic E-state index is 0.496. The zero-order valence-electron chi connectivity index (χ0n) is 19.1. The first-order valence-corrected chi connectivity index (χ1v) is 13.1. The predicted molar refractivity (Wildman–Crippen MR) is 145 cm³/mol. The number of hydrogen-bond acceptors (Lipinski definition) is 5. The van der Waals surface area contributed by atoms with Crippen LogP contribution < -0.4 is 10.1 Å². The molecular weight excluding hydrogens is 474 g/mol. The molecule has 6 rings (SSSR count). The van der Waals surface area contributed by atoms with Gasteiger partial charge in [-0.3, -0.25) is 0 Å². The number of thiophene rings is 1. The molecule has 1 N–H and O–H groups in total. The summed E-state index contributed by atoms with van der Waals surface area (Å²) < 4.78 is 5.92. The molecule has 5 aromatic rings. The number of aromatic nitrogens is 2. The number of rotatable bonds is 6. The summed E-state index contributed by atoms with van der Waals surface area (Å²) >= 11 is 7.62. The Morgan fingerprint density at radius 1 is 0.886 bits per heavy atom. The lowest BCUT2D eigenvalue weighted by atomic mass is 9.89. The Bertz CT molecular complexity index is 1480. The van der Waals surface area contributed by atoms with E-state index < -0.39 is 0 Å². The lowest BCUT2D eigenvalue weighted by molar-refractivity contribution is 0.306. The number of aryl methyl sites for hydroxylation is 2. The molecule has 35 heavy (non-hydrogen) atoms. The molecule has 0 saturated heterocycles. The third-order valence-corrected chi connectivity index (χ3v) is 7.60. The fraction of sp³-hybridized carbons (Fsp3) is 0.172. The quantitative estimate of drug-likeness (QED) is 0.257. The van der Waals surface area contributed by atoms with Crippen molar-refractivity contribution in [2.45, 2.75) is 32.3 Å². The number of fused-ring (bicyclic) bond motifs is 2. The Morgan fingerprint density at radius 3 is 2.51 bits per heavy atom. The van der Waals surface area contributed by atoms with Gasteiger partial charge in [0.05, 0.1) is 5.39 Å². The zero-order valence-corrected chi connectivity index (χ0v) is 20.7.